The zero-order valence-corrected chi connectivity index (χ0v) is 15.3. The van der Waals surface area contributed by atoms with Crippen molar-refractivity contribution < 1.29 is 14.4 Å². The van der Waals surface area contributed by atoms with Crippen LogP contribution in [0.5, 0.6) is 0 Å². The maximum absolute atomic E-state index is 12.8. The van der Waals surface area contributed by atoms with Gasteiger partial charge in [-0.1, -0.05) is 25.0 Å². The fraction of sp³-hybridized carbons (Fsp3) is 0.500. The quantitative estimate of drug-likeness (QED) is 0.819. The first-order chi connectivity index (χ1) is 12.9. The summed E-state index contributed by atoms with van der Waals surface area (Å²) in [5.41, 5.74) is 12.6. The summed E-state index contributed by atoms with van der Waals surface area (Å²) in [6.45, 7) is 0.615. The third-order valence-corrected chi connectivity index (χ3v) is 6.31. The van der Waals surface area contributed by atoms with E-state index in [1.807, 2.05) is 30.7 Å². The van der Waals surface area contributed by atoms with Gasteiger partial charge in [-0.2, -0.15) is 0 Å². The number of hydrogen-bond donors (Lipinski definition) is 2. The Hall–Kier alpha value is -2.57. The molecule has 2 atom stereocenters. The molecule has 0 spiro atoms. The number of benzene rings is 1. The highest BCUT2D eigenvalue weighted by Crippen LogP contribution is 2.44. The molecule has 1 unspecified atom stereocenters. The van der Waals surface area contributed by atoms with Gasteiger partial charge < -0.3 is 16.4 Å². The summed E-state index contributed by atoms with van der Waals surface area (Å²) in [6, 6.07) is 6.50. The number of nitrogens with two attached hydrogens (primary N) is 2. The SMILES string of the molecule is NC(=O)CC1(c2ccc(N3C(=O)N4CC[CH][C@@H]4C3C(N)=O)cc2)CCCC1. The lowest BCUT2D eigenvalue weighted by Crippen LogP contribution is -2.46. The zero-order valence-electron chi connectivity index (χ0n) is 15.3. The number of urea groups is 1. The van der Waals surface area contributed by atoms with Crippen molar-refractivity contribution in [2.24, 2.45) is 11.5 Å². The molecule has 1 aromatic carbocycles. The van der Waals surface area contributed by atoms with E-state index in [2.05, 4.69) is 0 Å². The lowest BCUT2D eigenvalue weighted by molar-refractivity contribution is -0.120. The molecule has 2 saturated heterocycles. The molecule has 3 aliphatic rings. The average molecular weight is 369 g/mol. The first kappa shape index (κ1) is 17.8. The molecule has 7 heteroatoms. The van der Waals surface area contributed by atoms with Gasteiger partial charge in [0.25, 0.3) is 0 Å². The zero-order chi connectivity index (χ0) is 19.2. The van der Waals surface area contributed by atoms with E-state index in [-0.39, 0.29) is 23.4 Å². The van der Waals surface area contributed by atoms with E-state index in [0.29, 0.717) is 18.7 Å². The molecule has 2 aliphatic heterocycles. The summed E-state index contributed by atoms with van der Waals surface area (Å²) in [4.78, 5) is 39.7. The maximum Gasteiger partial charge on any atom is 0.325 e. The van der Waals surface area contributed by atoms with Crippen LogP contribution in [0.4, 0.5) is 10.5 Å². The van der Waals surface area contributed by atoms with Crippen molar-refractivity contribution in [1.29, 1.82) is 0 Å². The van der Waals surface area contributed by atoms with Gasteiger partial charge in [0.05, 0.1) is 6.04 Å². The second kappa shape index (κ2) is 6.55. The molecule has 2 heterocycles. The Morgan fingerprint density at radius 2 is 1.78 bits per heavy atom. The molecule has 1 radical (unpaired) electrons. The van der Waals surface area contributed by atoms with Crippen molar-refractivity contribution >= 4 is 23.5 Å². The Labute approximate surface area is 158 Å². The topological polar surface area (TPSA) is 110 Å². The molecule has 4 rings (SSSR count). The highest BCUT2D eigenvalue weighted by atomic mass is 16.2. The van der Waals surface area contributed by atoms with Crippen LogP contribution < -0.4 is 16.4 Å². The first-order valence-corrected chi connectivity index (χ1v) is 9.54. The predicted molar refractivity (Wildman–Crippen MR) is 101 cm³/mol. The molecule has 0 bridgehead atoms. The van der Waals surface area contributed by atoms with Gasteiger partial charge in [0.15, 0.2) is 0 Å². The molecular formula is C20H25N4O3. The number of carbonyl (C=O) groups is 3. The van der Waals surface area contributed by atoms with Crippen molar-refractivity contribution in [1.82, 2.24) is 4.90 Å². The fourth-order valence-corrected chi connectivity index (χ4v) is 5.09. The minimum absolute atomic E-state index is 0.182. The van der Waals surface area contributed by atoms with Crippen LogP contribution in [-0.4, -0.2) is 41.4 Å². The molecule has 27 heavy (non-hydrogen) atoms. The predicted octanol–water partition coefficient (Wildman–Crippen LogP) is 1.45. The van der Waals surface area contributed by atoms with Crippen LogP contribution in [0.15, 0.2) is 24.3 Å². The Morgan fingerprint density at radius 1 is 1.11 bits per heavy atom. The summed E-state index contributed by atoms with van der Waals surface area (Å²) in [5.74, 6) is -0.792. The second-order valence-corrected chi connectivity index (χ2v) is 7.89. The Morgan fingerprint density at radius 3 is 2.37 bits per heavy atom. The van der Waals surface area contributed by atoms with Crippen LogP contribution in [0, 0.1) is 6.42 Å². The summed E-state index contributed by atoms with van der Waals surface area (Å²) in [5, 5.41) is 0. The van der Waals surface area contributed by atoms with Crippen molar-refractivity contribution in [3.8, 4) is 0 Å². The van der Waals surface area contributed by atoms with Crippen molar-refractivity contribution in [3.63, 3.8) is 0 Å². The molecule has 4 amide bonds. The van der Waals surface area contributed by atoms with E-state index in [1.165, 1.54) is 4.90 Å². The maximum atomic E-state index is 12.8. The Kier molecular flexibility index (Phi) is 4.32. The summed E-state index contributed by atoms with van der Waals surface area (Å²) < 4.78 is 0. The number of carbonyl (C=O) groups excluding carboxylic acids is 3. The largest absolute Gasteiger partial charge is 0.370 e. The third-order valence-electron chi connectivity index (χ3n) is 6.31. The normalized spacial score (nSPS) is 26.4. The van der Waals surface area contributed by atoms with E-state index >= 15 is 0 Å². The summed E-state index contributed by atoms with van der Waals surface area (Å²) in [6.07, 6.45) is 7.14. The van der Waals surface area contributed by atoms with E-state index in [1.54, 1.807) is 4.90 Å². The number of primary amides is 2. The van der Waals surface area contributed by atoms with Crippen molar-refractivity contribution in [2.45, 2.75) is 56.0 Å². The fourth-order valence-electron chi connectivity index (χ4n) is 5.09. The highest BCUT2D eigenvalue weighted by Gasteiger charge is 2.51. The van der Waals surface area contributed by atoms with Crippen LogP contribution in [-0.2, 0) is 15.0 Å². The number of nitrogens with zero attached hydrogens (tertiary/aromatic N) is 2. The molecule has 7 nitrogen and oxygen atoms in total. The van der Waals surface area contributed by atoms with E-state index in [9.17, 15) is 14.4 Å². The van der Waals surface area contributed by atoms with Gasteiger partial charge in [0.1, 0.15) is 6.04 Å². The van der Waals surface area contributed by atoms with E-state index in [4.69, 9.17) is 11.5 Å². The number of fused-ring (bicyclic) bond motifs is 1. The number of rotatable bonds is 5. The third kappa shape index (κ3) is 2.85. The van der Waals surface area contributed by atoms with Gasteiger partial charge in [-0.05, 0) is 43.4 Å². The van der Waals surface area contributed by atoms with Gasteiger partial charge in [-0.3, -0.25) is 14.5 Å². The molecule has 4 N–H and O–H groups in total. The second-order valence-electron chi connectivity index (χ2n) is 7.89. The molecule has 0 aromatic heterocycles. The van der Waals surface area contributed by atoms with Crippen molar-refractivity contribution in [2.75, 3.05) is 11.4 Å². The number of hydrogen-bond acceptors (Lipinski definition) is 3. The van der Waals surface area contributed by atoms with Crippen LogP contribution in [0.3, 0.4) is 0 Å². The molecule has 1 aromatic rings. The van der Waals surface area contributed by atoms with Crippen molar-refractivity contribution in [3.05, 3.63) is 36.2 Å². The molecule has 143 valence electrons. The average Bonchev–Trinajstić information content (AvgIpc) is 3.32. The highest BCUT2D eigenvalue weighted by molar-refractivity contribution is 6.04. The monoisotopic (exact) mass is 369 g/mol. The lowest BCUT2D eigenvalue weighted by atomic mass is 9.76. The van der Waals surface area contributed by atoms with Gasteiger partial charge in [0.2, 0.25) is 11.8 Å². The van der Waals surface area contributed by atoms with Gasteiger partial charge >= 0.3 is 6.03 Å². The molecular weight excluding hydrogens is 344 g/mol. The number of amides is 4. The van der Waals surface area contributed by atoms with Crippen LogP contribution in [0.1, 0.15) is 44.1 Å². The minimum atomic E-state index is -0.683. The Bertz CT molecular complexity index is 770. The molecule has 1 aliphatic carbocycles. The number of anilines is 1. The minimum Gasteiger partial charge on any atom is -0.370 e. The Balaban J connectivity index is 1.64. The lowest BCUT2D eigenvalue weighted by Gasteiger charge is -2.29. The first-order valence-electron chi connectivity index (χ1n) is 9.54. The summed E-state index contributed by atoms with van der Waals surface area (Å²) >= 11 is 0. The smallest absolute Gasteiger partial charge is 0.325 e. The van der Waals surface area contributed by atoms with Gasteiger partial charge in [-0.15, -0.1) is 0 Å². The van der Waals surface area contributed by atoms with Crippen LogP contribution >= 0.6 is 0 Å². The molecule has 3 fully saturated rings. The molecule has 1 saturated carbocycles. The van der Waals surface area contributed by atoms with Gasteiger partial charge in [-0.25, -0.2) is 4.79 Å². The van der Waals surface area contributed by atoms with Crippen LogP contribution in [0.25, 0.3) is 0 Å². The standard InChI is InChI=1S/C20H25N4O3/c21-16(25)12-20(9-1-2-10-20)13-5-7-14(8-6-13)24-17(18(22)26)15-4-3-11-23(15)19(24)27/h4-8,15,17H,1-3,9-12H2,(H2,21,25)(H2,22,26)/t15-,17?/m1/s1. The van der Waals surface area contributed by atoms with E-state index in [0.717, 1.165) is 37.7 Å². The van der Waals surface area contributed by atoms with E-state index < -0.39 is 11.9 Å². The van der Waals surface area contributed by atoms with Crippen LogP contribution in [0.2, 0.25) is 0 Å². The summed E-state index contributed by atoms with van der Waals surface area (Å²) in [7, 11) is 0. The van der Waals surface area contributed by atoms with Gasteiger partial charge in [0, 0.05) is 24.1 Å².